The van der Waals surface area contributed by atoms with Gasteiger partial charge in [0.2, 0.25) is 0 Å². The Hall–Kier alpha value is -0.860. The van der Waals surface area contributed by atoms with Crippen molar-refractivity contribution in [3.8, 4) is 0 Å². The molecule has 1 saturated carbocycles. The van der Waals surface area contributed by atoms with Gasteiger partial charge in [0.15, 0.2) is 0 Å². The van der Waals surface area contributed by atoms with E-state index in [-0.39, 0.29) is 9.49 Å². The summed E-state index contributed by atoms with van der Waals surface area (Å²) < 4.78 is 0.228. The Labute approximate surface area is 154 Å². The molecule has 2 aromatic rings. The van der Waals surface area contributed by atoms with Gasteiger partial charge in [-0.05, 0) is 28.4 Å². The summed E-state index contributed by atoms with van der Waals surface area (Å²) in [5.74, 6) is 0. The van der Waals surface area contributed by atoms with E-state index in [1.165, 1.54) is 17.5 Å². The Morgan fingerprint density at radius 1 is 0.667 bits per heavy atom. The fourth-order valence-electron chi connectivity index (χ4n) is 6.00. The lowest BCUT2D eigenvalue weighted by Gasteiger charge is -2.71. The van der Waals surface area contributed by atoms with Gasteiger partial charge >= 0.3 is 0 Å². The Kier molecular flexibility index (Phi) is 3.68. The Morgan fingerprint density at radius 2 is 1.12 bits per heavy atom. The molecule has 0 radical (unpaired) electrons. The van der Waals surface area contributed by atoms with Crippen LogP contribution in [0.1, 0.15) is 45.2 Å². The highest BCUT2D eigenvalue weighted by molar-refractivity contribution is 8.20. The second-order valence-electron chi connectivity index (χ2n) is 8.45. The number of hydrogen-bond donors (Lipinski definition) is 0. The van der Waals surface area contributed by atoms with Crippen molar-refractivity contribution in [3.05, 3.63) is 71.8 Å². The van der Waals surface area contributed by atoms with E-state index in [1.54, 1.807) is 0 Å². The van der Waals surface area contributed by atoms with Crippen LogP contribution in [-0.4, -0.2) is 9.83 Å². The maximum absolute atomic E-state index is 2.48. The first-order valence-electron chi connectivity index (χ1n) is 8.76. The molecule has 4 rings (SSSR count). The number of hydrogen-bond acceptors (Lipinski definition) is 2. The summed E-state index contributed by atoms with van der Waals surface area (Å²) in [5, 5.41) is 1.16. The molecule has 2 heteroatoms. The van der Waals surface area contributed by atoms with Gasteiger partial charge in [-0.1, -0.05) is 88.4 Å². The Balaban J connectivity index is 2.05. The van der Waals surface area contributed by atoms with Gasteiger partial charge in [0.1, 0.15) is 0 Å². The Morgan fingerprint density at radius 3 is 1.54 bits per heavy atom. The zero-order chi connectivity index (χ0) is 17.1. The van der Waals surface area contributed by atoms with Crippen molar-refractivity contribution >= 4 is 23.5 Å². The largest absolute Gasteiger partial charge is 0.141 e. The first-order valence-corrected chi connectivity index (χ1v) is 10.7. The molecule has 24 heavy (non-hydrogen) atoms. The van der Waals surface area contributed by atoms with Crippen LogP contribution in [0.2, 0.25) is 0 Å². The highest BCUT2D eigenvalue weighted by Gasteiger charge is 2.76. The fourth-order valence-corrected chi connectivity index (χ4v) is 10.7. The maximum Gasteiger partial charge on any atom is 0.0822 e. The van der Waals surface area contributed by atoms with Crippen LogP contribution in [-0.2, 0) is 4.75 Å². The highest BCUT2D eigenvalue weighted by atomic mass is 32.2. The van der Waals surface area contributed by atoms with Crippen molar-refractivity contribution in [1.82, 2.24) is 0 Å². The predicted molar refractivity (Wildman–Crippen MR) is 109 cm³/mol. The van der Waals surface area contributed by atoms with Crippen molar-refractivity contribution in [3.63, 3.8) is 0 Å². The van der Waals surface area contributed by atoms with E-state index < -0.39 is 0 Å². The summed E-state index contributed by atoms with van der Waals surface area (Å²) in [7, 11) is 0. The molecule has 1 aliphatic carbocycles. The molecule has 2 aliphatic rings. The SMILES string of the molecule is CC1(C)CC(C)(C)C12SCSC2(c1ccccc1)c1ccccc1. The summed E-state index contributed by atoms with van der Waals surface area (Å²) in [6.07, 6.45) is 1.29. The van der Waals surface area contributed by atoms with E-state index in [1.807, 2.05) is 0 Å². The quantitative estimate of drug-likeness (QED) is 0.599. The van der Waals surface area contributed by atoms with Crippen LogP contribution in [0, 0.1) is 10.8 Å². The summed E-state index contributed by atoms with van der Waals surface area (Å²) in [6, 6.07) is 22.5. The fraction of sp³-hybridized carbons (Fsp3) is 0.455. The zero-order valence-corrected chi connectivity index (χ0v) is 16.6. The molecule has 0 bridgehead atoms. The lowest BCUT2D eigenvalue weighted by atomic mass is 9.42. The van der Waals surface area contributed by atoms with Gasteiger partial charge in [0, 0.05) is 9.83 Å². The molecule has 1 saturated heterocycles. The lowest BCUT2D eigenvalue weighted by Crippen LogP contribution is -2.71. The molecule has 0 unspecified atom stereocenters. The van der Waals surface area contributed by atoms with Gasteiger partial charge in [-0.2, -0.15) is 0 Å². The van der Waals surface area contributed by atoms with Crippen LogP contribution < -0.4 is 0 Å². The molecule has 0 N–H and O–H groups in total. The van der Waals surface area contributed by atoms with Gasteiger partial charge < -0.3 is 0 Å². The summed E-state index contributed by atoms with van der Waals surface area (Å²) in [6.45, 7) is 9.94. The minimum atomic E-state index is 0.0193. The van der Waals surface area contributed by atoms with Crippen molar-refractivity contribution < 1.29 is 0 Å². The van der Waals surface area contributed by atoms with Crippen molar-refractivity contribution in [2.45, 2.75) is 43.6 Å². The summed E-state index contributed by atoms with van der Waals surface area (Å²) >= 11 is 4.35. The van der Waals surface area contributed by atoms with Gasteiger partial charge in [-0.3, -0.25) is 0 Å². The van der Waals surface area contributed by atoms with Crippen LogP contribution >= 0.6 is 23.5 Å². The molecule has 2 aromatic carbocycles. The number of benzene rings is 2. The molecule has 0 amide bonds. The molecule has 0 atom stereocenters. The van der Waals surface area contributed by atoms with Crippen molar-refractivity contribution in [1.29, 1.82) is 0 Å². The second kappa shape index (κ2) is 5.32. The van der Waals surface area contributed by atoms with Gasteiger partial charge in [0.05, 0.1) is 4.75 Å². The molecule has 1 heterocycles. The van der Waals surface area contributed by atoms with Crippen molar-refractivity contribution in [2.24, 2.45) is 10.8 Å². The maximum atomic E-state index is 2.48. The molecule has 0 nitrogen and oxygen atoms in total. The Bertz CT molecular complexity index is 678. The third kappa shape index (κ3) is 1.85. The number of thioether (sulfide) groups is 2. The standard InChI is InChI=1S/C22H26S2/c1-19(2)15-20(3,4)22(19)21(23-16-24-22,17-11-7-5-8-12-17)18-13-9-6-10-14-18/h5-14H,15-16H2,1-4H3. The molecule has 1 spiro atoms. The zero-order valence-electron chi connectivity index (χ0n) is 15.0. The lowest BCUT2D eigenvalue weighted by molar-refractivity contribution is -0.0623. The first-order chi connectivity index (χ1) is 11.4. The predicted octanol–water partition coefficient (Wildman–Crippen LogP) is 6.56. The first kappa shape index (κ1) is 16.6. The third-order valence-electron chi connectivity index (χ3n) is 6.20. The minimum absolute atomic E-state index is 0.0193. The topological polar surface area (TPSA) is 0 Å². The van der Waals surface area contributed by atoms with Crippen LogP contribution in [0.5, 0.6) is 0 Å². The summed E-state index contributed by atoms with van der Waals surface area (Å²) in [4.78, 5) is 0. The molecular formula is C22H26S2. The van der Waals surface area contributed by atoms with E-state index in [9.17, 15) is 0 Å². The normalized spacial score (nSPS) is 25.3. The molecule has 1 aliphatic heterocycles. The van der Waals surface area contributed by atoms with E-state index in [4.69, 9.17) is 0 Å². The highest BCUT2D eigenvalue weighted by Crippen LogP contribution is 2.81. The van der Waals surface area contributed by atoms with Crippen LogP contribution in [0.25, 0.3) is 0 Å². The van der Waals surface area contributed by atoms with Gasteiger partial charge in [0.25, 0.3) is 0 Å². The average Bonchev–Trinajstić information content (AvgIpc) is 3.01. The van der Waals surface area contributed by atoms with Crippen molar-refractivity contribution in [2.75, 3.05) is 5.08 Å². The monoisotopic (exact) mass is 354 g/mol. The summed E-state index contributed by atoms with van der Waals surface area (Å²) in [5.41, 5.74) is 3.56. The minimum Gasteiger partial charge on any atom is -0.141 e. The smallest absolute Gasteiger partial charge is 0.0822 e. The van der Waals surface area contributed by atoms with Crippen LogP contribution in [0.15, 0.2) is 60.7 Å². The second-order valence-corrected chi connectivity index (χ2v) is 11.2. The van der Waals surface area contributed by atoms with Gasteiger partial charge in [-0.15, -0.1) is 23.5 Å². The van der Waals surface area contributed by atoms with E-state index in [0.29, 0.717) is 10.8 Å². The molecule has 0 aromatic heterocycles. The van der Waals surface area contributed by atoms with Crippen LogP contribution in [0.4, 0.5) is 0 Å². The van der Waals surface area contributed by atoms with E-state index in [2.05, 4.69) is 112 Å². The molecule has 2 fully saturated rings. The van der Waals surface area contributed by atoms with E-state index in [0.717, 1.165) is 5.08 Å². The van der Waals surface area contributed by atoms with Crippen LogP contribution in [0.3, 0.4) is 0 Å². The number of rotatable bonds is 2. The molecular weight excluding hydrogens is 328 g/mol. The van der Waals surface area contributed by atoms with E-state index >= 15 is 0 Å². The third-order valence-corrected chi connectivity index (χ3v) is 10.3. The van der Waals surface area contributed by atoms with Gasteiger partial charge in [-0.25, -0.2) is 0 Å². The molecule has 126 valence electrons. The average molecular weight is 355 g/mol.